The number of hydrogen-bond acceptors (Lipinski definition) is 6. The summed E-state index contributed by atoms with van der Waals surface area (Å²) < 4.78 is 35.1. The zero-order valence-corrected chi connectivity index (χ0v) is 10.0. The molecule has 0 spiro atoms. The van der Waals surface area contributed by atoms with Crippen molar-refractivity contribution in [1.82, 2.24) is 0 Å². The first-order chi connectivity index (χ1) is 8.25. The van der Waals surface area contributed by atoms with Crippen molar-refractivity contribution in [2.24, 2.45) is 0 Å². The summed E-state index contributed by atoms with van der Waals surface area (Å²) >= 11 is 0. The quantitative estimate of drug-likeness (QED) is 0.287. The number of rotatable bonds is 4. The summed E-state index contributed by atoms with van der Waals surface area (Å²) in [6, 6.07) is 2.46. The van der Waals surface area contributed by atoms with E-state index in [4.69, 9.17) is 4.55 Å². The molecule has 0 aliphatic carbocycles. The zero-order valence-electron chi connectivity index (χ0n) is 9.19. The molecule has 98 valence electrons. The van der Waals surface area contributed by atoms with E-state index >= 15 is 0 Å². The Bertz CT molecular complexity index is 593. The normalized spacial score (nSPS) is 11.0. The summed E-state index contributed by atoms with van der Waals surface area (Å²) in [5.41, 5.74) is -0.716. The van der Waals surface area contributed by atoms with Gasteiger partial charge in [-0.15, -0.1) is 0 Å². The van der Waals surface area contributed by atoms with Crippen LogP contribution in [0.1, 0.15) is 13.3 Å². The van der Waals surface area contributed by atoms with Crippen molar-refractivity contribution in [2.75, 3.05) is 0 Å². The van der Waals surface area contributed by atoms with Crippen LogP contribution < -0.4 is 4.74 Å². The minimum Gasteiger partial charge on any atom is -0.419 e. The fourth-order valence-electron chi connectivity index (χ4n) is 1.08. The highest BCUT2D eigenvalue weighted by molar-refractivity contribution is 7.85. The molecule has 1 aromatic rings. The Morgan fingerprint density at radius 3 is 2.56 bits per heavy atom. The summed E-state index contributed by atoms with van der Waals surface area (Å²) in [6.07, 6.45) is 0.0111. The summed E-state index contributed by atoms with van der Waals surface area (Å²) in [4.78, 5) is 20.2. The maximum atomic E-state index is 11.0. The van der Waals surface area contributed by atoms with E-state index < -0.39 is 31.6 Å². The maximum absolute atomic E-state index is 11.0. The molecule has 0 aromatic heterocycles. The Balaban J connectivity index is 3.30. The van der Waals surface area contributed by atoms with Gasteiger partial charge in [0.25, 0.3) is 10.1 Å². The summed E-state index contributed by atoms with van der Waals surface area (Å²) in [5, 5.41) is 10.7. The molecule has 1 N–H and O–H groups in total. The van der Waals surface area contributed by atoms with Gasteiger partial charge >= 0.3 is 11.7 Å². The molecule has 0 saturated heterocycles. The number of nitro benzene ring substituents is 1. The van der Waals surface area contributed by atoms with E-state index in [0.717, 1.165) is 12.1 Å². The van der Waals surface area contributed by atoms with Gasteiger partial charge in [-0.05, 0) is 12.1 Å². The Kier molecular flexibility index (Phi) is 3.99. The van der Waals surface area contributed by atoms with Crippen LogP contribution in [-0.4, -0.2) is 23.9 Å². The molecule has 0 radical (unpaired) electrons. The Morgan fingerprint density at radius 1 is 1.50 bits per heavy atom. The van der Waals surface area contributed by atoms with Crippen molar-refractivity contribution in [3.63, 3.8) is 0 Å². The van der Waals surface area contributed by atoms with Crippen LogP contribution in [0.4, 0.5) is 5.69 Å². The highest BCUT2D eigenvalue weighted by Crippen LogP contribution is 2.29. The summed E-state index contributed by atoms with van der Waals surface area (Å²) in [7, 11) is -4.55. The first-order valence-corrected chi connectivity index (χ1v) is 6.16. The van der Waals surface area contributed by atoms with Gasteiger partial charge in [0.2, 0.25) is 5.75 Å². The van der Waals surface area contributed by atoms with E-state index in [-0.39, 0.29) is 12.2 Å². The first kappa shape index (κ1) is 14.1. The smallest absolute Gasteiger partial charge is 0.313 e. The second-order valence-corrected chi connectivity index (χ2v) is 4.61. The molecule has 8 nitrogen and oxygen atoms in total. The molecule has 0 atom stereocenters. The van der Waals surface area contributed by atoms with Gasteiger partial charge in [-0.25, -0.2) is 0 Å². The average Bonchev–Trinajstić information content (AvgIpc) is 2.27. The Hall–Kier alpha value is -2.00. The molecule has 1 rings (SSSR count). The van der Waals surface area contributed by atoms with Crippen LogP contribution in [0.5, 0.6) is 5.75 Å². The van der Waals surface area contributed by atoms with Gasteiger partial charge in [-0.3, -0.25) is 19.5 Å². The topological polar surface area (TPSA) is 124 Å². The molecule has 1 aromatic carbocycles. The molecular weight excluding hydrogens is 266 g/mol. The SMILES string of the molecule is CCC(=O)Oc1ccc(S(=O)(=O)O)cc1[N+](=O)[O-]. The van der Waals surface area contributed by atoms with Crippen molar-refractivity contribution in [1.29, 1.82) is 0 Å². The van der Waals surface area contributed by atoms with Gasteiger partial charge in [0.05, 0.1) is 4.92 Å². The van der Waals surface area contributed by atoms with E-state index in [9.17, 15) is 23.3 Å². The highest BCUT2D eigenvalue weighted by atomic mass is 32.2. The molecule has 0 saturated carbocycles. The van der Waals surface area contributed by atoms with Crippen molar-refractivity contribution >= 4 is 21.8 Å². The zero-order chi connectivity index (χ0) is 13.9. The number of ether oxygens (including phenoxy) is 1. The molecule has 9 heteroatoms. The molecule has 18 heavy (non-hydrogen) atoms. The van der Waals surface area contributed by atoms with Crippen LogP contribution in [-0.2, 0) is 14.9 Å². The lowest BCUT2D eigenvalue weighted by Crippen LogP contribution is -2.08. The van der Waals surface area contributed by atoms with Gasteiger partial charge in [0.15, 0.2) is 0 Å². The monoisotopic (exact) mass is 275 g/mol. The average molecular weight is 275 g/mol. The third-order valence-corrected chi connectivity index (χ3v) is 2.79. The van der Waals surface area contributed by atoms with Crippen molar-refractivity contribution < 1.29 is 27.4 Å². The number of nitro groups is 1. The first-order valence-electron chi connectivity index (χ1n) is 4.72. The van der Waals surface area contributed by atoms with E-state index in [2.05, 4.69) is 4.74 Å². The molecule has 0 unspecified atom stereocenters. The molecule has 0 heterocycles. The predicted octanol–water partition coefficient (Wildman–Crippen LogP) is 1.16. The fraction of sp³-hybridized carbons (Fsp3) is 0.222. The van der Waals surface area contributed by atoms with Crippen LogP contribution >= 0.6 is 0 Å². The largest absolute Gasteiger partial charge is 0.419 e. The second-order valence-electron chi connectivity index (χ2n) is 3.19. The minimum absolute atomic E-state index is 0.0111. The van der Waals surface area contributed by atoms with E-state index in [0.29, 0.717) is 6.07 Å². The number of hydrogen-bond donors (Lipinski definition) is 1. The van der Waals surface area contributed by atoms with E-state index in [1.165, 1.54) is 6.92 Å². The van der Waals surface area contributed by atoms with Crippen molar-refractivity contribution in [3.05, 3.63) is 28.3 Å². The Morgan fingerprint density at radius 2 is 2.11 bits per heavy atom. The molecule has 0 fully saturated rings. The predicted molar refractivity (Wildman–Crippen MR) is 58.8 cm³/mol. The number of esters is 1. The Labute approximate surface area is 102 Å². The van der Waals surface area contributed by atoms with Gasteiger partial charge in [0, 0.05) is 12.5 Å². The molecule has 0 aliphatic rings. The fourth-order valence-corrected chi connectivity index (χ4v) is 1.58. The van der Waals surface area contributed by atoms with Gasteiger partial charge in [-0.1, -0.05) is 6.92 Å². The van der Waals surface area contributed by atoms with Crippen LogP contribution in [0.2, 0.25) is 0 Å². The summed E-state index contributed by atoms with van der Waals surface area (Å²) in [5.74, 6) is -1.07. The number of carbonyl (C=O) groups excluding carboxylic acids is 1. The van der Waals surface area contributed by atoms with Crippen LogP contribution in [0, 0.1) is 10.1 Å². The molecule has 0 aliphatic heterocycles. The summed E-state index contributed by atoms with van der Waals surface area (Å²) in [6.45, 7) is 1.50. The van der Waals surface area contributed by atoms with Crippen LogP contribution in [0.25, 0.3) is 0 Å². The van der Waals surface area contributed by atoms with Gasteiger partial charge in [-0.2, -0.15) is 8.42 Å². The minimum atomic E-state index is -4.55. The number of carbonyl (C=O) groups is 1. The van der Waals surface area contributed by atoms with Gasteiger partial charge < -0.3 is 4.74 Å². The number of benzene rings is 1. The lowest BCUT2D eigenvalue weighted by molar-refractivity contribution is -0.385. The maximum Gasteiger partial charge on any atom is 0.313 e. The molecular formula is C9H9NO7S. The van der Waals surface area contributed by atoms with E-state index in [1.54, 1.807) is 0 Å². The van der Waals surface area contributed by atoms with E-state index in [1.807, 2.05) is 0 Å². The number of nitrogens with zero attached hydrogens (tertiary/aromatic N) is 1. The highest BCUT2D eigenvalue weighted by Gasteiger charge is 2.22. The van der Waals surface area contributed by atoms with Crippen LogP contribution in [0.3, 0.4) is 0 Å². The molecule has 0 amide bonds. The standard InChI is InChI=1S/C9H9NO7S/c1-2-9(11)17-8-4-3-6(18(14,15)16)5-7(8)10(12)13/h3-5H,2H2,1H3,(H,14,15,16). The molecule has 0 bridgehead atoms. The van der Waals surface area contributed by atoms with Crippen molar-refractivity contribution in [2.45, 2.75) is 18.2 Å². The lowest BCUT2D eigenvalue weighted by Gasteiger charge is -2.04. The van der Waals surface area contributed by atoms with Crippen LogP contribution in [0.15, 0.2) is 23.1 Å². The third-order valence-electron chi connectivity index (χ3n) is 1.94. The van der Waals surface area contributed by atoms with Crippen molar-refractivity contribution in [3.8, 4) is 5.75 Å². The lowest BCUT2D eigenvalue weighted by atomic mass is 10.3. The third kappa shape index (κ3) is 3.25. The second kappa shape index (κ2) is 5.10. The van der Waals surface area contributed by atoms with Gasteiger partial charge in [0.1, 0.15) is 4.90 Å².